The van der Waals surface area contributed by atoms with Crippen LogP contribution >= 0.6 is 0 Å². The Kier molecular flexibility index (Phi) is 3.17. The number of hydrogen-bond acceptors (Lipinski definition) is 4. The normalized spacial score (nSPS) is 30.0. The Morgan fingerprint density at radius 1 is 1.33 bits per heavy atom. The van der Waals surface area contributed by atoms with E-state index in [-0.39, 0.29) is 23.4 Å². The van der Waals surface area contributed by atoms with Gasteiger partial charge >= 0.3 is 0 Å². The van der Waals surface area contributed by atoms with Crippen molar-refractivity contribution >= 4 is 5.78 Å². The molecular formula is C20H29NO3. The highest BCUT2D eigenvalue weighted by molar-refractivity contribution is 5.83. The summed E-state index contributed by atoms with van der Waals surface area (Å²) in [6, 6.07) is 2.90. The van der Waals surface area contributed by atoms with E-state index in [2.05, 4.69) is 0 Å². The summed E-state index contributed by atoms with van der Waals surface area (Å²) in [5, 5.41) is 0. The molecular weight excluding hydrogens is 302 g/mol. The fourth-order valence-electron chi connectivity index (χ4n) is 3.70. The van der Waals surface area contributed by atoms with Gasteiger partial charge in [0.25, 0.3) is 0 Å². The van der Waals surface area contributed by atoms with E-state index in [1.807, 2.05) is 20.8 Å². The lowest BCUT2D eigenvalue weighted by molar-refractivity contribution is -0.130. The van der Waals surface area contributed by atoms with Crippen molar-refractivity contribution in [2.75, 3.05) is 27.2 Å². The molecule has 2 heterocycles. The number of carbonyl (C=O) groups is 1. The van der Waals surface area contributed by atoms with Crippen LogP contribution in [-0.4, -0.2) is 37.9 Å². The molecule has 2 aliphatic heterocycles. The Balaban J connectivity index is 2.01. The maximum Gasteiger partial charge on any atom is 0.161 e. The van der Waals surface area contributed by atoms with Crippen molar-refractivity contribution in [1.29, 1.82) is 0 Å². The van der Waals surface area contributed by atoms with E-state index in [0.717, 1.165) is 11.1 Å². The molecule has 1 saturated heterocycles. The van der Waals surface area contributed by atoms with Gasteiger partial charge in [0.1, 0.15) is 5.78 Å². The minimum Gasteiger partial charge on any atom is -0.493 e. The molecule has 3 rings (SSSR count). The van der Waals surface area contributed by atoms with Crippen molar-refractivity contribution in [3.05, 3.63) is 23.3 Å². The molecule has 4 nitrogen and oxygen atoms in total. The number of carbonyl (C=O) groups excluding carboxylic acids is 1. The van der Waals surface area contributed by atoms with Gasteiger partial charge in [-0.05, 0) is 41.5 Å². The van der Waals surface area contributed by atoms with Crippen LogP contribution in [-0.2, 0) is 11.2 Å². The molecule has 1 aromatic rings. The number of rotatable bonds is 3. The lowest BCUT2D eigenvalue weighted by Crippen LogP contribution is -2.47. The fourth-order valence-corrected chi connectivity index (χ4v) is 3.70. The van der Waals surface area contributed by atoms with Crippen molar-refractivity contribution in [3.63, 3.8) is 0 Å². The molecule has 132 valence electrons. The second kappa shape index (κ2) is 6.40. The molecule has 0 unspecified atom stereocenters. The van der Waals surface area contributed by atoms with Gasteiger partial charge in [0.15, 0.2) is 11.5 Å². The van der Waals surface area contributed by atoms with Crippen molar-refractivity contribution in [3.8, 4) is 11.5 Å². The van der Waals surface area contributed by atoms with Crippen molar-refractivity contribution in [1.82, 2.24) is 4.90 Å². The van der Waals surface area contributed by atoms with E-state index in [1.54, 1.807) is 17.0 Å². The van der Waals surface area contributed by atoms with Gasteiger partial charge in [-0.15, -0.1) is 0 Å². The Bertz CT molecular complexity index is 801. The second-order valence-corrected chi connectivity index (χ2v) is 7.88. The molecule has 0 amide bonds. The van der Waals surface area contributed by atoms with Crippen LogP contribution in [0.2, 0.25) is 0 Å². The van der Waals surface area contributed by atoms with Crippen LogP contribution in [0.3, 0.4) is 0 Å². The molecule has 1 aromatic carbocycles. The number of hydrogen-bond donors (Lipinski definition) is 0. The van der Waals surface area contributed by atoms with E-state index >= 15 is 0 Å². The van der Waals surface area contributed by atoms with Gasteiger partial charge < -0.3 is 9.47 Å². The van der Waals surface area contributed by atoms with Gasteiger partial charge in [-0.3, -0.25) is 9.69 Å². The maximum atomic E-state index is 13.0. The number of methoxy groups -OCH3 is 2. The monoisotopic (exact) mass is 336 g/mol. The molecule has 0 saturated carbocycles. The van der Waals surface area contributed by atoms with Gasteiger partial charge in [0.2, 0.25) is 0 Å². The average molecular weight is 336 g/mol. The molecule has 2 aliphatic rings. The summed E-state index contributed by atoms with van der Waals surface area (Å²) in [5.41, 5.74) is 1.50. The van der Waals surface area contributed by atoms with E-state index in [1.165, 1.54) is 7.11 Å². The summed E-state index contributed by atoms with van der Waals surface area (Å²) in [7, 11) is -1.19. The smallest absolute Gasteiger partial charge is 0.161 e. The average Bonchev–Trinajstić information content (AvgIpc) is 2.56. The number of Topliss-reactive ketones (excluding diaryl/α,β-unsaturated/α-hetero) is 1. The molecule has 1 fully saturated rings. The highest BCUT2D eigenvalue weighted by Crippen LogP contribution is 2.43. The molecule has 24 heavy (non-hydrogen) atoms. The third-order valence-electron chi connectivity index (χ3n) is 4.81. The summed E-state index contributed by atoms with van der Waals surface area (Å²) >= 11 is 0. The number of fused-ring (bicyclic) bond motifs is 3. The summed E-state index contributed by atoms with van der Waals surface area (Å²) in [4.78, 5) is 14.7. The Labute approximate surface area is 152 Å². The molecule has 0 N–H and O–H groups in total. The van der Waals surface area contributed by atoms with Crippen LogP contribution < -0.4 is 9.47 Å². The van der Waals surface area contributed by atoms with Crippen LogP contribution in [0.4, 0.5) is 0 Å². The second-order valence-electron chi connectivity index (χ2n) is 7.88. The quantitative estimate of drug-likeness (QED) is 0.845. The molecule has 0 spiro atoms. The topological polar surface area (TPSA) is 38.8 Å². The first kappa shape index (κ1) is 11.9. The lowest BCUT2D eigenvalue weighted by Gasteiger charge is -2.44. The maximum absolute atomic E-state index is 13.0. The Morgan fingerprint density at radius 3 is 2.75 bits per heavy atom. The van der Waals surface area contributed by atoms with E-state index in [9.17, 15) is 4.79 Å². The number of piperidine rings is 1. The zero-order chi connectivity index (χ0) is 21.8. The zero-order valence-electron chi connectivity index (χ0n) is 19.8. The summed E-state index contributed by atoms with van der Waals surface area (Å²) in [5.74, 6) is -0.369. The summed E-state index contributed by atoms with van der Waals surface area (Å²) < 4.78 is 50.1. The van der Waals surface area contributed by atoms with E-state index in [0.29, 0.717) is 25.1 Å². The number of ketones is 1. The zero-order valence-corrected chi connectivity index (χ0v) is 14.8. The third kappa shape index (κ3) is 3.30. The largest absolute Gasteiger partial charge is 0.493 e. The third-order valence-corrected chi connectivity index (χ3v) is 4.81. The molecule has 0 aromatic heterocycles. The van der Waals surface area contributed by atoms with Crippen LogP contribution in [0.15, 0.2) is 12.1 Å². The van der Waals surface area contributed by atoms with Crippen LogP contribution in [0, 0.1) is 11.3 Å². The first-order chi connectivity index (χ1) is 13.2. The minimum atomic E-state index is -2.63. The Hall–Kier alpha value is -1.55. The van der Waals surface area contributed by atoms with Gasteiger partial charge in [0.05, 0.1) is 18.3 Å². The molecule has 0 aliphatic carbocycles. The van der Waals surface area contributed by atoms with Gasteiger partial charge in [-0.2, -0.15) is 0 Å². The first-order valence-electron chi connectivity index (χ1n) is 10.9. The van der Waals surface area contributed by atoms with Crippen LogP contribution in [0.25, 0.3) is 0 Å². The van der Waals surface area contributed by atoms with Crippen LogP contribution in [0.5, 0.6) is 11.5 Å². The number of ether oxygens (including phenoxy) is 2. The standard InChI is InChI=1S/C20H29NO3/c1-20(2,3)11-14-12-21-7-6-13-8-18(23-4)19(24-5)9-15(13)16(21)10-17(14)22/h8-9,14,16H,6-7,10-12H2,1-5H3/t14-,16-/m0/s1/i5D3,12D2. The fraction of sp³-hybridized carbons (Fsp3) is 0.650. The molecule has 0 bridgehead atoms. The predicted octanol–water partition coefficient (Wildman–Crippen LogP) is 3.63. The van der Waals surface area contributed by atoms with Gasteiger partial charge in [-0.25, -0.2) is 0 Å². The van der Waals surface area contributed by atoms with Crippen molar-refractivity contribution < 1.29 is 21.1 Å². The molecule has 2 atom stereocenters. The molecule has 0 radical (unpaired) electrons. The van der Waals surface area contributed by atoms with Crippen molar-refractivity contribution in [2.24, 2.45) is 11.3 Å². The minimum absolute atomic E-state index is 0.0814. The van der Waals surface area contributed by atoms with Gasteiger partial charge in [0, 0.05) is 34.2 Å². The van der Waals surface area contributed by atoms with E-state index in [4.69, 9.17) is 16.3 Å². The first-order valence-corrected chi connectivity index (χ1v) is 8.42. The van der Waals surface area contributed by atoms with Crippen LogP contribution in [0.1, 0.15) is 57.6 Å². The summed E-state index contributed by atoms with van der Waals surface area (Å²) in [6.45, 7) is 4.76. The lowest BCUT2D eigenvalue weighted by atomic mass is 9.76. The number of nitrogens with zero attached hydrogens (tertiary/aromatic N) is 1. The molecule has 4 heteroatoms. The number of benzene rings is 1. The summed E-state index contributed by atoms with van der Waals surface area (Å²) in [6.07, 6.45) is 1.27. The Morgan fingerprint density at radius 2 is 2.08 bits per heavy atom. The van der Waals surface area contributed by atoms with Gasteiger partial charge in [-0.1, -0.05) is 20.8 Å². The van der Waals surface area contributed by atoms with E-state index < -0.39 is 25.5 Å². The highest BCUT2D eigenvalue weighted by atomic mass is 16.5. The highest BCUT2D eigenvalue weighted by Gasteiger charge is 2.39. The SMILES string of the molecule is [2H]C([2H])([2H])Oc1cc2c(cc1OC)CCN1[C@H]2CC(=O)[C@@H](CC(C)(C)C)C1([2H])[2H]. The van der Waals surface area contributed by atoms with Crippen molar-refractivity contribution in [2.45, 2.75) is 46.1 Å². The predicted molar refractivity (Wildman–Crippen MR) is 94.8 cm³/mol.